The standard InChI is InChI=1S/C22H20N4O3S/c1-23-22-26-17(13-30-22)15-8-9-18(28-2)16(11-15)25-20(27)12-29-19-7-3-5-14-6-4-10-24-21(14)19/h3-11,13H,12H2,1-2H3,(H,23,26)(H,25,27). The van der Waals surface area contributed by atoms with Gasteiger partial charge in [-0.25, -0.2) is 4.98 Å². The molecule has 8 heteroatoms. The van der Waals surface area contributed by atoms with Crippen LogP contribution >= 0.6 is 11.3 Å². The molecule has 2 N–H and O–H groups in total. The second-order valence-corrected chi connectivity index (χ2v) is 7.23. The number of amides is 1. The lowest BCUT2D eigenvalue weighted by Gasteiger charge is -2.13. The normalized spacial score (nSPS) is 10.6. The van der Waals surface area contributed by atoms with Crippen molar-refractivity contribution in [2.24, 2.45) is 0 Å². The van der Waals surface area contributed by atoms with Gasteiger partial charge in [0.05, 0.1) is 18.5 Å². The van der Waals surface area contributed by atoms with Gasteiger partial charge in [0.2, 0.25) is 0 Å². The van der Waals surface area contributed by atoms with Gasteiger partial charge in [-0.3, -0.25) is 9.78 Å². The maximum absolute atomic E-state index is 12.6. The summed E-state index contributed by atoms with van der Waals surface area (Å²) in [5, 5.41) is 9.61. The van der Waals surface area contributed by atoms with E-state index in [9.17, 15) is 4.79 Å². The van der Waals surface area contributed by atoms with E-state index in [0.29, 0.717) is 17.2 Å². The van der Waals surface area contributed by atoms with E-state index in [0.717, 1.165) is 27.3 Å². The van der Waals surface area contributed by atoms with Crippen molar-refractivity contribution in [2.75, 3.05) is 31.4 Å². The number of methoxy groups -OCH3 is 1. The summed E-state index contributed by atoms with van der Waals surface area (Å²) in [6.07, 6.45) is 1.70. The molecule has 0 radical (unpaired) electrons. The summed E-state index contributed by atoms with van der Waals surface area (Å²) >= 11 is 1.51. The molecule has 2 aromatic heterocycles. The number of hydrogen-bond donors (Lipinski definition) is 2. The Labute approximate surface area is 177 Å². The molecule has 2 heterocycles. The van der Waals surface area contributed by atoms with Crippen molar-refractivity contribution in [3.8, 4) is 22.8 Å². The van der Waals surface area contributed by atoms with E-state index in [1.165, 1.54) is 11.3 Å². The fourth-order valence-corrected chi connectivity index (χ4v) is 3.69. The molecule has 152 valence electrons. The molecule has 0 aliphatic rings. The first-order valence-electron chi connectivity index (χ1n) is 9.26. The largest absolute Gasteiger partial charge is 0.495 e. The fourth-order valence-electron chi connectivity index (χ4n) is 3.01. The Kier molecular flexibility index (Phi) is 5.76. The first kappa shape index (κ1) is 19.7. The van der Waals surface area contributed by atoms with Crippen molar-refractivity contribution in [1.82, 2.24) is 9.97 Å². The van der Waals surface area contributed by atoms with Crippen LogP contribution in [0.4, 0.5) is 10.8 Å². The summed E-state index contributed by atoms with van der Waals surface area (Å²) < 4.78 is 11.1. The van der Waals surface area contributed by atoms with E-state index in [-0.39, 0.29) is 12.5 Å². The molecular weight excluding hydrogens is 400 g/mol. The van der Waals surface area contributed by atoms with E-state index in [4.69, 9.17) is 9.47 Å². The smallest absolute Gasteiger partial charge is 0.262 e. The number of anilines is 2. The maximum Gasteiger partial charge on any atom is 0.262 e. The lowest BCUT2D eigenvalue weighted by molar-refractivity contribution is -0.118. The third-order valence-corrected chi connectivity index (χ3v) is 5.30. The average molecular weight is 420 g/mol. The van der Waals surface area contributed by atoms with Gasteiger partial charge in [-0.1, -0.05) is 18.2 Å². The van der Waals surface area contributed by atoms with Gasteiger partial charge in [-0.2, -0.15) is 0 Å². The molecule has 2 aromatic carbocycles. The van der Waals surface area contributed by atoms with E-state index in [1.807, 2.05) is 48.8 Å². The maximum atomic E-state index is 12.6. The molecule has 0 aliphatic heterocycles. The quantitative estimate of drug-likeness (QED) is 0.460. The summed E-state index contributed by atoms with van der Waals surface area (Å²) in [6, 6.07) is 15.0. The van der Waals surface area contributed by atoms with Crippen LogP contribution < -0.4 is 20.1 Å². The summed E-state index contributed by atoms with van der Waals surface area (Å²) in [5.41, 5.74) is 2.97. The SMILES string of the molecule is CNc1nc(-c2ccc(OC)c(NC(=O)COc3cccc4cccnc34)c2)cs1. The minimum Gasteiger partial charge on any atom is -0.495 e. The highest BCUT2D eigenvalue weighted by Gasteiger charge is 2.13. The zero-order valence-corrected chi connectivity index (χ0v) is 17.3. The van der Waals surface area contributed by atoms with Crippen LogP contribution in [0, 0.1) is 0 Å². The van der Waals surface area contributed by atoms with E-state index >= 15 is 0 Å². The second kappa shape index (κ2) is 8.79. The Hall–Kier alpha value is -3.65. The number of hydrogen-bond acceptors (Lipinski definition) is 7. The van der Waals surface area contributed by atoms with Crippen LogP contribution in [-0.4, -0.2) is 36.6 Å². The molecule has 0 aliphatic carbocycles. The molecule has 0 spiro atoms. The number of nitrogens with one attached hydrogen (secondary N) is 2. The number of carbonyl (C=O) groups excluding carboxylic acids is 1. The number of aromatic nitrogens is 2. The number of para-hydroxylation sites is 1. The Morgan fingerprint density at radius 1 is 1.13 bits per heavy atom. The Morgan fingerprint density at radius 2 is 2.00 bits per heavy atom. The first-order chi connectivity index (χ1) is 14.7. The third-order valence-electron chi connectivity index (χ3n) is 4.44. The number of ether oxygens (including phenoxy) is 2. The number of carbonyl (C=O) groups is 1. The Balaban J connectivity index is 1.50. The van der Waals surface area contributed by atoms with Crippen LogP contribution in [0.5, 0.6) is 11.5 Å². The zero-order valence-electron chi connectivity index (χ0n) is 16.5. The van der Waals surface area contributed by atoms with Crippen LogP contribution in [0.25, 0.3) is 22.2 Å². The van der Waals surface area contributed by atoms with Gasteiger partial charge in [0.15, 0.2) is 11.7 Å². The van der Waals surface area contributed by atoms with E-state index in [1.54, 1.807) is 25.4 Å². The second-order valence-electron chi connectivity index (χ2n) is 6.37. The molecule has 1 amide bonds. The van der Waals surface area contributed by atoms with Crippen molar-refractivity contribution in [3.63, 3.8) is 0 Å². The molecule has 0 unspecified atom stereocenters. The summed E-state index contributed by atoms with van der Waals surface area (Å²) in [6.45, 7) is -0.149. The Morgan fingerprint density at radius 3 is 2.80 bits per heavy atom. The molecule has 0 saturated heterocycles. The third kappa shape index (κ3) is 4.18. The highest BCUT2D eigenvalue weighted by molar-refractivity contribution is 7.14. The van der Waals surface area contributed by atoms with Gasteiger partial charge in [0.25, 0.3) is 5.91 Å². The summed E-state index contributed by atoms with van der Waals surface area (Å²) in [7, 11) is 3.39. The highest BCUT2D eigenvalue weighted by atomic mass is 32.1. The molecule has 30 heavy (non-hydrogen) atoms. The number of nitrogens with zero attached hydrogens (tertiary/aromatic N) is 2. The minimum absolute atomic E-state index is 0.149. The van der Waals surface area contributed by atoms with Crippen molar-refractivity contribution in [1.29, 1.82) is 0 Å². The highest BCUT2D eigenvalue weighted by Crippen LogP contribution is 2.32. The number of fused-ring (bicyclic) bond motifs is 1. The number of thiazole rings is 1. The van der Waals surface area contributed by atoms with E-state index in [2.05, 4.69) is 20.6 Å². The predicted octanol–water partition coefficient (Wildman–Crippen LogP) is 4.43. The zero-order chi connectivity index (χ0) is 20.9. The number of rotatable bonds is 7. The van der Waals surface area contributed by atoms with Crippen LogP contribution in [-0.2, 0) is 4.79 Å². The van der Waals surface area contributed by atoms with Gasteiger partial charge >= 0.3 is 0 Å². The van der Waals surface area contributed by atoms with Crippen molar-refractivity contribution in [2.45, 2.75) is 0 Å². The fraction of sp³-hybridized carbons (Fsp3) is 0.136. The van der Waals surface area contributed by atoms with Gasteiger partial charge < -0.3 is 20.1 Å². The van der Waals surface area contributed by atoms with Crippen molar-refractivity contribution >= 4 is 39.0 Å². The molecule has 0 atom stereocenters. The summed E-state index contributed by atoms with van der Waals surface area (Å²) in [5.74, 6) is 0.821. The number of benzene rings is 2. The first-order valence-corrected chi connectivity index (χ1v) is 10.1. The lowest BCUT2D eigenvalue weighted by atomic mass is 10.1. The average Bonchev–Trinajstić information content (AvgIpc) is 3.27. The van der Waals surface area contributed by atoms with Gasteiger partial charge in [0, 0.05) is 29.6 Å². The molecule has 0 bridgehead atoms. The van der Waals surface area contributed by atoms with Gasteiger partial charge in [0.1, 0.15) is 17.0 Å². The van der Waals surface area contributed by atoms with Crippen LogP contribution in [0.3, 0.4) is 0 Å². The van der Waals surface area contributed by atoms with Crippen LogP contribution in [0.1, 0.15) is 0 Å². The minimum atomic E-state index is -0.299. The lowest BCUT2D eigenvalue weighted by Crippen LogP contribution is -2.20. The topological polar surface area (TPSA) is 85.4 Å². The molecular formula is C22H20N4O3S. The summed E-state index contributed by atoms with van der Waals surface area (Å²) in [4.78, 5) is 21.4. The van der Waals surface area contributed by atoms with Crippen molar-refractivity contribution < 1.29 is 14.3 Å². The van der Waals surface area contributed by atoms with Gasteiger partial charge in [-0.15, -0.1) is 11.3 Å². The molecule has 4 rings (SSSR count). The van der Waals surface area contributed by atoms with Gasteiger partial charge in [-0.05, 0) is 30.3 Å². The van der Waals surface area contributed by atoms with Crippen LogP contribution in [0.2, 0.25) is 0 Å². The molecule has 7 nitrogen and oxygen atoms in total. The molecule has 4 aromatic rings. The molecule has 0 saturated carbocycles. The van der Waals surface area contributed by atoms with Crippen molar-refractivity contribution in [3.05, 3.63) is 60.1 Å². The monoisotopic (exact) mass is 420 g/mol. The van der Waals surface area contributed by atoms with E-state index < -0.39 is 0 Å². The Bertz CT molecular complexity index is 1190. The predicted molar refractivity (Wildman–Crippen MR) is 120 cm³/mol. The number of pyridine rings is 1. The van der Waals surface area contributed by atoms with Crippen LogP contribution in [0.15, 0.2) is 60.1 Å². The molecule has 0 fully saturated rings.